The van der Waals surface area contributed by atoms with Crippen molar-refractivity contribution in [2.45, 2.75) is 11.8 Å². The Morgan fingerprint density at radius 2 is 1.83 bits per heavy atom. The Morgan fingerprint density at radius 3 is 2.44 bits per heavy atom. The zero-order valence-corrected chi connectivity index (χ0v) is 10.3. The van der Waals surface area contributed by atoms with E-state index in [1.54, 1.807) is 12.1 Å². The van der Waals surface area contributed by atoms with Crippen molar-refractivity contribution in [2.75, 3.05) is 4.72 Å². The number of aromatic hydroxyl groups is 1. The molecule has 0 atom stereocenters. The van der Waals surface area contributed by atoms with Gasteiger partial charge in [0.1, 0.15) is 5.69 Å². The van der Waals surface area contributed by atoms with E-state index >= 15 is 0 Å². The summed E-state index contributed by atoms with van der Waals surface area (Å²) in [4.78, 5) is 0.115. The molecule has 2 aromatic rings. The standard InChI is InChI=1S/C11H11N3O3S/c1-8-2-4-9(5-3-8)18(16,17)14-10-6-7-12-13-11(10)15/h2-7H,1H3,(H,12,14)(H,13,15). The fourth-order valence-corrected chi connectivity index (χ4v) is 2.39. The molecule has 2 N–H and O–H groups in total. The first-order valence-corrected chi connectivity index (χ1v) is 6.57. The van der Waals surface area contributed by atoms with Crippen molar-refractivity contribution in [1.29, 1.82) is 0 Å². The van der Waals surface area contributed by atoms with Crippen molar-refractivity contribution in [3.8, 4) is 5.88 Å². The Morgan fingerprint density at radius 1 is 1.17 bits per heavy atom. The molecule has 0 amide bonds. The second-order valence-corrected chi connectivity index (χ2v) is 5.37. The van der Waals surface area contributed by atoms with Crippen LogP contribution in [0.4, 0.5) is 5.69 Å². The third-order valence-corrected chi connectivity index (χ3v) is 3.66. The van der Waals surface area contributed by atoms with Gasteiger partial charge in [-0.2, -0.15) is 5.10 Å². The van der Waals surface area contributed by atoms with Crippen LogP contribution >= 0.6 is 0 Å². The van der Waals surface area contributed by atoms with Crippen LogP contribution in [-0.2, 0) is 10.0 Å². The zero-order valence-electron chi connectivity index (χ0n) is 9.53. The topological polar surface area (TPSA) is 92.2 Å². The highest BCUT2D eigenvalue weighted by Crippen LogP contribution is 2.21. The van der Waals surface area contributed by atoms with Gasteiger partial charge in [-0.3, -0.25) is 4.72 Å². The summed E-state index contributed by atoms with van der Waals surface area (Å²) in [5, 5.41) is 16.1. The van der Waals surface area contributed by atoms with Gasteiger partial charge in [0, 0.05) is 0 Å². The molecule has 0 aliphatic rings. The number of hydrogen-bond acceptors (Lipinski definition) is 5. The van der Waals surface area contributed by atoms with E-state index in [-0.39, 0.29) is 10.6 Å². The highest BCUT2D eigenvalue weighted by atomic mass is 32.2. The van der Waals surface area contributed by atoms with E-state index in [4.69, 9.17) is 0 Å². The summed E-state index contributed by atoms with van der Waals surface area (Å²) in [7, 11) is -3.73. The lowest BCUT2D eigenvalue weighted by molar-refractivity contribution is 0.448. The molecule has 1 aromatic heterocycles. The number of aryl methyl sites for hydroxylation is 1. The maximum absolute atomic E-state index is 12.0. The first kappa shape index (κ1) is 12.3. The molecule has 0 bridgehead atoms. The summed E-state index contributed by atoms with van der Waals surface area (Å²) in [5.41, 5.74) is 0.952. The number of hydrogen-bond donors (Lipinski definition) is 2. The monoisotopic (exact) mass is 265 g/mol. The number of anilines is 1. The Balaban J connectivity index is 2.33. The van der Waals surface area contributed by atoms with Crippen molar-refractivity contribution in [3.05, 3.63) is 42.1 Å². The molecule has 1 aromatic carbocycles. The molecule has 0 saturated heterocycles. The van der Waals surface area contributed by atoms with Crippen molar-refractivity contribution >= 4 is 15.7 Å². The lowest BCUT2D eigenvalue weighted by Gasteiger charge is -2.08. The minimum Gasteiger partial charge on any atom is -0.491 e. The SMILES string of the molecule is Cc1ccc(S(=O)(=O)Nc2ccnnc2O)cc1. The summed E-state index contributed by atoms with van der Waals surface area (Å²) >= 11 is 0. The highest BCUT2D eigenvalue weighted by Gasteiger charge is 2.16. The second kappa shape index (κ2) is 4.61. The van der Waals surface area contributed by atoms with Gasteiger partial charge in [-0.05, 0) is 25.1 Å². The lowest BCUT2D eigenvalue weighted by Crippen LogP contribution is -2.13. The molecule has 0 fully saturated rings. The van der Waals surface area contributed by atoms with Crippen molar-refractivity contribution in [1.82, 2.24) is 10.2 Å². The van der Waals surface area contributed by atoms with E-state index in [9.17, 15) is 13.5 Å². The third kappa shape index (κ3) is 2.57. The van der Waals surface area contributed by atoms with Crippen LogP contribution in [0.15, 0.2) is 41.4 Å². The summed E-state index contributed by atoms with van der Waals surface area (Å²) in [5.74, 6) is -0.465. The van der Waals surface area contributed by atoms with E-state index in [1.165, 1.54) is 24.4 Å². The molecule has 1 heterocycles. The maximum Gasteiger partial charge on any atom is 0.262 e. The Kier molecular flexibility index (Phi) is 3.15. The molecule has 0 saturated carbocycles. The average Bonchev–Trinajstić information content (AvgIpc) is 2.32. The zero-order chi connectivity index (χ0) is 13.2. The van der Waals surface area contributed by atoms with Crippen LogP contribution in [0.3, 0.4) is 0 Å². The smallest absolute Gasteiger partial charge is 0.262 e. The summed E-state index contributed by atoms with van der Waals surface area (Å²) < 4.78 is 26.2. The van der Waals surface area contributed by atoms with E-state index in [0.717, 1.165) is 5.56 Å². The molecule has 0 unspecified atom stereocenters. The molecule has 0 spiro atoms. The average molecular weight is 265 g/mol. The lowest BCUT2D eigenvalue weighted by atomic mass is 10.2. The van der Waals surface area contributed by atoms with Gasteiger partial charge in [-0.15, -0.1) is 5.10 Å². The largest absolute Gasteiger partial charge is 0.491 e. The minimum absolute atomic E-state index is 0.00873. The van der Waals surface area contributed by atoms with Crippen LogP contribution in [0, 0.1) is 6.92 Å². The third-order valence-electron chi connectivity index (χ3n) is 2.28. The Labute approximate surface area is 104 Å². The molecule has 7 heteroatoms. The quantitative estimate of drug-likeness (QED) is 0.872. The molecule has 0 aliphatic heterocycles. The predicted octanol–water partition coefficient (Wildman–Crippen LogP) is 1.29. The molecule has 6 nitrogen and oxygen atoms in total. The Hall–Kier alpha value is -2.15. The summed E-state index contributed by atoms with van der Waals surface area (Å²) in [6.45, 7) is 1.86. The number of aromatic nitrogens is 2. The number of benzene rings is 1. The number of nitrogens with one attached hydrogen (secondary N) is 1. The minimum atomic E-state index is -3.73. The molecular formula is C11H11N3O3S. The second-order valence-electron chi connectivity index (χ2n) is 3.69. The van der Waals surface area contributed by atoms with E-state index < -0.39 is 15.9 Å². The maximum atomic E-state index is 12.0. The normalized spacial score (nSPS) is 11.2. The number of nitrogens with zero attached hydrogens (tertiary/aromatic N) is 2. The number of sulfonamides is 1. The Bertz CT molecular complexity index is 653. The molecule has 94 valence electrons. The molecule has 18 heavy (non-hydrogen) atoms. The van der Waals surface area contributed by atoms with Crippen molar-refractivity contribution in [2.24, 2.45) is 0 Å². The van der Waals surface area contributed by atoms with Gasteiger partial charge in [-0.25, -0.2) is 8.42 Å². The molecule has 2 rings (SSSR count). The van der Waals surface area contributed by atoms with Crippen LogP contribution in [0.2, 0.25) is 0 Å². The van der Waals surface area contributed by atoms with Crippen LogP contribution in [0.25, 0.3) is 0 Å². The number of rotatable bonds is 3. The van der Waals surface area contributed by atoms with Crippen molar-refractivity contribution in [3.63, 3.8) is 0 Å². The van der Waals surface area contributed by atoms with Gasteiger partial charge in [0.15, 0.2) is 0 Å². The van der Waals surface area contributed by atoms with Crippen LogP contribution in [0.1, 0.15) is 5.56 Å². The fourth-order valence-electron chi connectivity index (χ4n) is 1.33. The molecule has 0 aliphatic carbocycles. The predicted molar refractivity (Wildman–Crippen MR) is 65.7 cm³/mol. The van der Waals surface area contributed by atoms with E-state index in [2.05, 4.69) is 14.9 Å². The van der Waals surface area contributed by atoms with Gasteiger partial charge in [-0.1, -0.05) is 17.7 Å². The summed E-state index contributed by atoms with van der Waals surface area (Å²) in [6.07, 6.45) is 1.28. The fraction of sp³-hybridized carbons (Fsp3) is 0.0909. The first-order valence-electron chi connectivity index (χ1n) is 5.09. The van der Waals surface area contributed by atoms with Crippen LogP contribution < -0.4 is 4.72 Å². The van der Waals surface area contributed by atoms with Crippen LogP contribution in [0.5, 0.6) is 5.88 Å². The molecular weight excluding hydrogens is 254 g/mol. The first-order chi connectivity index (χ1) is 8.49. The van der Waals surface area contributed by atoms with Gasteiger partial charge in [0.05, 0.1) is 11.1 Å². The molecule has 0 radical (unpaired) electrons. The van der Waals surface area contributed by atoms with E-state index in [1.807, 2.05) is 6.92 Å². The van der Waals surface area contributed by atoms with Gasteiger partial charge in [0.2, 0.25) is 0 Å². The summed E-state index contributed by atoms with van der Waals surface area (Å²) in [6, 6.07) is 7.69. The highest BCUT2D eigenvalue weighted by molar-refractivity contribution is 7.92. The van der Waals surface area contributed by atoms with E-state index in [0.29, 0.717) is 0 Å². The van der Waals surface area contributed by atoms with Crippen LogP contribution in [-0.4, -0.2) is 23.7 Å². The van der Waals surface area contributed by atoms with Gasteiger partial charge in [0.25, 0.3) is 15.9 Å². The van der Waals surface area contributed by atoms with Crippen molar-refractivity contribution < 1.29 is 13.5 Å². The van der Waals surface area contributed by atoms with Gasteiger partial charge < -0.3 is 5.11 Å². The van der Waals surface area contributed by atoms with Gasteiger partial charge >= 0.3 is 0 Å².